The monoisotopic (exact) mass is 427 g/mol. The zero-order chi connectivity index (χ0) is 22.0. The van der Waals surface area contributed by atoms with Crippen molar-refractivity contribution < 1.29 is 4.79 Å². The predicted molar refractivity (Wildman–Crippen MR) is 125 cm³/mol. The molecular formula is C24H21N5OS. The maximum absolute atomic E-state index is 12.8. The number of thiocarbonyl (C=S) groups is 1. The molecule has 0 saturated carbocycles. The number of hydrogen-bond donors (Lipinski definition) is 0. The Bertz CT molecular complexity index is 1180. The van der Waals surface area contributed by atoms with Crippen molar-refractivity contribution in [2.24, 2.45) is 0 Å². The minimum absolute atomic E-state index is 0.0687. The van der Waals surface area contributed by atoms with E-state index >= 15 is 0 Å². The first kappa shape index (κ1) is 20.6. The van der Waals surface area contributed by atoms with E-state index < -0.39 is 0 Å². The van der Waals surface area contributed by atoms with Gasteiger partial charge < -0.3 is 4.90 Å². The van der Waals surface area contributed by atoms with Crippen molar-refractivity contribution in [1.82, 2.24) is 9.97 Å². The molecule has 1 aliphatic rings. The molecule has 1 aromatic carbocycles. The summed E-state index contributed by atoms with van der Waals surface area (Å²) < 4.78 is 0. The van der Waals surface area contributed by atoms with E-state index in [4.69, 9.17) is 17.5 Å². The lowest BCUT2D eigenvalue weighted by molar-refractivity contribution is -0.117. The summed E-state index contributed by atoms with van der Waals surface area (Å²) in [6, 6.07) is 16.0. The van der Waals surface area contributed by atoms with Crippen LogP contribution in [-0.2, 0) is 4.79 Å². The molecular weight excluding hydrogens is 406 g/mol. The first-order valence-corrected chi connectivity index (χ1v) is 10.4. The van der Waals surface area contributed by atoms with Crippen molar-refractivity contribution >= 4 is 34.6 Å². The molecule has 0 atom stereocenters. The molecule has 31 heavy (non-hydrogen) atoms. The quantitative estimate of drug-likeness (QED) is 0.571. The molecule has 7 heteroatoms. The van der Waals surface area contributed by atoms with Gasteiger partial charge >= 0.3 is 0 Å². The van der Waals surface area contributed by atoms with Crippen molar-refractivity contribution in [3.8, 4) is 17.2 Å². The zero-order valence-corrected chi connectivity index (χ0v) is 18.2. The van der Waals surface area contributed by atoms with Crippen molar-refractivity contribution in [1.29, 1.82) is 5.26 Å². The Labute approximate surface area is 186 Å². The van der Waals surface area contributed by atoms with Crippen LogP contribution in [0.4, 0.5) is 11.4 Å². The van der Waals surface area contributed by atoms with Gasteiger partial charge in [0, 0.05) is 36.1 Å². The first-order chi connectivity index (χ1) is 15.0. The Morgan fingerprint density at radius 2 is 1.74 bits per heavy atom. The molecule has 0 N–H and O–H groups in total. The van der Waals surface area contributed by atoms with Crippen LogP contribution in [-0.4, -0.2) is 27.5 Å². The van der Waals surface area contributed by atoms with Crippen LogP contribution in [0, 0.1) is 25.2 Å². The predicted octanol–water partition coefficient (Wildman–Crippen LogP) is 4.55. The van der Waals surface area contributed by atoms with E-state index in [1.54, 1.807) is 13.0 Å². The average molecular weight is 428 g/mol. The topological polar surface area (TPSA) is 73.1 Å². The number of benzene rings is 1. The molecule has 0 unspecified atom stereocenters. The number of rotatable bonds is 3. The largest absolute Gasteiger partial charge is 0.318 e. The summed E-state index contributed by atoms with van der Waals surface area (Å²) in [6.45, 7) is 4.41. The fourth-order valence-electron chi connectivity index (χ4n) is 3.59. The number of hydrogen-bond acceptors (Lipinski definition) is 5. The molecule has 2 aromatic heterocycles. The number of nitrogens with zero attached hydrogens (tertiary/aromatic N) is 5. The summed E-state index contributed by atoms with van der Waals surface area (Å²) in [5.41, 5.74) is 5.65. The molecule has 6 nitrogen and oxygen atoms in total. The molecule has 1 fully saturated rings. The fourth-order valence-corrected chi connectivity index (χ4v) is 3.99. The number of carbonyl (C=O) groups is 1. The molecule has 0 bridgehead atoms. The number of carbonyl (C=O) groups excluding carboxylic acids is 1. The number of amides is 1. The molecule has 0 spiro atoms. The van der Waals surface area contributed by atoms with Crippen LogP contribution < -0.4 is 9.80 Å². The number of aromatic nitrogens is 2. The van der Waals surface area contributed by atoms with Gasteiger partial charge in [-0.25, -0.2) is 4.98 Å². The summed E-state index contributed by atoms with van der Waals surface area (Å²) in [5.74, 6) is -0.0687. The van der Waals surface area contributed by atoms with Gasteiger partial charge in [0.25, 0.3) is 0 Å². The first-order valence-electron chi connectivity index (χ1n) is 10.0. The Morgan fingerprint density at radius 3 is 2.39 bits per heavy atom. The van der Waals surface area contributed by atoms with E-state index in [0.29, 0.717) is 41.4 Å². The minimum Gasteiger partial charge on any atom is -0.318 e. The van der Waals surface area contributed by atoms with Crippen LogP contribution in [0.5, 0.6) is 0 Å². The third kappa shape index (κ3) is 4.16. The van der Waals surface area contributed by atoms with E-state index in [0.717, 1.165) is 22.5 Å². The van der Waals surface area contributed by atoms with E-state index in [2.05, 4.69) is 22.1 Å². The van der Waals surface area contributed by atoms with E-state index in [1.165, 1.54) is 11.1 Å². The number of aryl methyl sites for hydroxylation is 2. The van der Waals surface area contributed by atoms with Gasteiger partial charge in [-0.05, 0) is 67.9 Å². The SMILES string of the molecule is Cc1ccc(-c2ccc(N3CCCC(=O)N(c4cnc(C#N)c(C)c4)C3=S)cc2)cn1. The van der Waals surface area contributed by atoms with Gasteiger partial charge in [-0.15, -0.1) is 0 Å². The Morgan fingerprint density at radius 1 is 1.00 bits per heavy atom. The second-order valence-electron chi connectivity index (χ2n) is 7.47. The summed E-state index contributed by atoms with van der Waals surface area (Å²) in [5, 5.41) is 9.56. The highest BCUT2D eigenvalue weighted by molar-refractivity contribution is 7.81. The Kier molecular flexibility index (Phi) is 5.74. The van der Waals surface area contributed by atoms with Crippen LogP contribution in [0.15, 0.2) is 54.9 Å². The molecule has 0 aliphatic carbocycles. The summed E-state index contributed by atoms with van der Waals surface area (Å²) >= 11 is 5.75. The highest BCUT2D eigenvalue weighted by Gasteiger charge is 2.29. The van der Waals surface area contributed by atoms with Gasteiger partial charge in [0.15, 0.2) is 5.11 Å². The van der Waals surface area contributed by atoms with Crippen LogP contribution >= 0.6 is 12.2 Å². The molecule has 1 aliphatic heterocycles. The normalized spacial score (nSPS) is 14.4. The third-order valence-corrected chi connectivity index (χ3v) is 5.70. The van der Waals surface area contributed by atoms with E-state index in [9.17, 15) is 4.79 Å². The molecule has 3 aromatic rings. The Balaban J connectivity index is 1.64. The highest BCUT2D eigenvalue weighted by atomic mass is 32.1. The third-order valence-electron chi connectivity index (χ3n) is 5.30. The molecule has 0 radical (unpaired) electrons. The summed E-state index contributed by atoms with van der Waals surface area (Å²) in [7, 11) is 0. The van der Waals surface area contributed by atoms with Crippen molar-refractivity contribution in [3.63, 3.8) is 0 Å². The van der Waals surface area contributed by atoms with Gasteiger partial charge in [-0.3, -0.25) is 14.7 Å². The van der Waals surface area contributed by atoms with E-state index in [-0.39, 0.29) is 5.91 Å². The van der Waals surface area contributed by atoms with Crippen molar-refractivity contribution in [2.75, 3.05) is 16.3 Å². The molecule has 3 heterocycles. The number of nitriles is 1. The molecule has 1 saturated heterocycles. The van der Waals surface area contributed by atoms with Crippen LogP contribution in [0.25, 0.3) is 11.1 Å². The average Bonchev–Trinajstić information content (AvgIpc) is 2.92. The van der Waals surface area contributed by atoms with Crippen LogP contribution in [0.2, 0.25) is 0 Å². The number of anilines is 2. The standard InChI is InChI=1S/C24H21N5OS/c1-16-12-21(15-27-22(16)13-25)29-23(30)4-3-11-28(24(29)31)20-9-7-18(8-10-20)19-6-5-17(2)26-14-19/h5-10,12,14-15H,3-4,11H2,1-2H3. The van der Waals surface area contributed by atoms with Gasteiger partial charge in [0.1, 0.15) is 11.8 Å². The lowest BCUT2D eigenvalue weighted by Gasteiger charge is -2.29. The van der Waals surface area contributed by atoms with E-state index in [1.807, 2.05) is 48.4 Å². The Hall–Kier alpha value is -3.63. The van der Waals surface area contributed by atoms with Crippen molar-refractivity contribution in [2.45, 2.75) is 26.7 Å². The maximum Gasteiger partial charge on any atom is 0.233 e. The summed E-state index contributed by atoms with van der Waals surface area (Å²) in [4.78, 5) is 24.9. The summed E-state index contributed by atoms with van der Waals surface area (Å²) in [6.07, 6.45) is 4.49. The smallest absolute Gasteiger partial charge is 0.233 e. The second-order valence-corrected chi connectivity index (χ2v) is 7.84. The maximum atomic E-state index is 12.8. The van der Waals surface area contributed by atoms with Gasteiger partial charge in [0.2, 0.25) is 5.91 Å². The molecule has 4 rings (SSSR count). The highest BCUT2D eigenvalue weighted by Crippen LogP contribution is 2.28. The minimum atomic E-state index is -0.0687. The van der Waals surface area contributed by atoms with Crippen LogP contribution in [0.1, 0.15) is 29.8 Å². The molecule has 1 amide bonds. The molecule has 154 valence electrons. The van der Waals surface area contributed by atoms with Crippen molar-refractivity contribution in [3.05, 3.63) is 71.8 Å². The fraction of sp³-hybridized carbons (Fsp3) is 0.208. The lowest BCUT2D eigenvalue weighted by Crippen LogP contribution is -2.44. The van der Waals surface area contributed by atoms with Crippen LogP contribution in [0.3, 0.4) is 0 Å². The van der Waals surface area contributed by atoms with Gasteiger partial charge in [-0.2, -0.15) is 5.26 Å². The second kappa shape index (κ2) is 8.62. The zero-order valence-electron chi connectivity index (χ0n) is 17.4. The lowest BCUT2D eigenvalue weighted by atomic mass is 10.1. The number of pyridine rings is 2. The van der Waals surface area contributed by atoms with Gasteiger partial charge in [-0.1, -0.05) is 18.2 Å². The van der Waals surface area contributed by atoms with Gasteiger partial charge in [0.05, 0.1) is 11.9 Å².